The molecule has 1 heteroatoms. The molecule has 0 aliphatic heterocycles. The summed E-state index contributed by atoms with van der Waals surface area (Å²) < 4.78 is 91.5. The number of para-hydroxylation sites is 2. The second kappa shape index (κ2) is 10.4. The maximum Gasteiger partial charge on any atom is 0.143 e. The number of hydrogen-bond donors (Lipinski definition) is 0. The molecule has 9 aromatic rings. The molecule has 8 aromatic carbocycles. The fourth-order valence-corrected chi connectivity index (χ4v) is 6.61. The lowest BCUT2D eigenvalue weighted by molar-refractivity contribution is 0.671. The van der Waals surface area contributed by atoms with Crippen LogP contribution in [0.15, 0.2) is 174 Å². The van der Waals surface area contributed by atoms with Crippen molar-refractivity contribution in [1.82, 2.24) is 0 Å². The highest BCUT2D eigenvalue weighted by Gasteiger charge is 2.22. The predicted molar refractivity (Wildman–Crippen MR) is 190 cm³/mol. The number of rotatable bonds is 4. The van der Waals surface area contributed by atoms with Crippen LogP contribution in [0.4, 0.5) is 0 Å². The molecule has 0 fully saturated rings. The Morgan fingerprint density at radius 2 is 0.711 bits per heavy atom. The van der Waals surface area contributed by atoms with Gasteiger partial charge in [0, 0.05) is 27.5 Å². The number of hydrogen-bond acceptors (Lipinski definition) is 1. The van der Waals surface area contributed by atoms with E-state index in [1.807, 2.05) is 84.9 Å². The van der Waals surface area contributed by atoms with Crippen LogP contribution in [0.25, 0.3) is 88.0 Å². The zero-order chi connectivity index (χ0) is 38.4. The Morgan fingerprint density at radius 3 is 1.27 bits per heavy atom. The first-order valence-corrected chi connectivity index (χ1v) is 14.6. The minimum absolute atomic E-state index is 0.0650. The zero-order valence-electron chi connectivity index (χ0n) is 33.8. The monoisotopic (exact) mass is 582 g/mol. The first-order chi connectivity index (χ1) is 26.5. The van der Waals surface area contributed by atoms with Crippen molar-refractivity contribution in [3.8, 4) is 44.5 Å². The van der Waals surface area contributed by atoms with Crippen molar-refractivity contribution in [2.24, 2.45) is 0 Å². The highest BCUT2D eigenvalue weighted by atomic mass is 16.3. The Kier molecular flexibility index (Phi) is 4.01. The van der Waals surface area contributed by atoms with Crippen LogP contribution in [0.5, 0.6) is 0 Å². The van der Waals surface area contributed by atoms with E-state index in [0.717, 1.165) is 49.0 Å². The lowest BCUT2D eigenvalue weighted by Crippen LogP contribution is -1.92. The largest absolute Gasteiger partial charge is 0.455 e. The molecule has 1 aromatic heterocycles. The summed E-state index contributed by atoms with van der Waals surface area (Å²) in [6, 6.07) is 30.9. The molecule has 0 atom stereocenters. The van der Waals surface area contributed by atoms with Crippen LogP contribution in [0.1, 0.15) is 13.7 Å². The maximum absolute atomic E-state index is 8.82. The van der Waals surface area contributed by atoms with E-state index in [4.69, 9.17) is 18.1 Å². The highest BCUT2D eigenvalue weighted by molar-refractivity contribution is 6.25. The SMILES string of the molecule is [2H]c1c([2H])c([2H])c(-c2ccccc2-c2c3ccccc3c(-c3cccc4c3oc3c(-c5c([2H])c([2H])c([2H])c([2H])c5[2H])cccc34)c3ccccc23)c([2H])c1[2H]. The molecule has 0 N–H and O–H groups in total. The molecule has 1 nitrogen and oxygen atoms in total. The molecule has 0 spiro atoms. The molecular formula is C44H28O. The summed E-state index contributed by atoms with van der Waals surface area (Å²) in [6.45, 7) is 0. The average Bonchev–Trinajstić information content (AvgIpc) is 3.60. The van der Waals surface area contributed by atoms with Gasteiger partial charge in [0.25, 0.3) is 0 Å². The van der Waals surface area contributed by atoms with Gasteiger partial charge in [0.1, 0.15) is 11.2 Å². The molecule has 0 saturated carbocycles. The van der Waals surface area contributed by atoms with Crippen LogP contribution in [-0.4, -0.2) is 0 Å². The Morgan fingerprint density at radius 1 is 0.333 bits per heavy atom. The number of fused-ring (bicyclic) bond motifs is 5. The van der Waals surface area contributed by atoms with Gasteiger partial charge in [-0.1, -0.05) is 170 Å². The van der Waals surface area contributed by atoms with E-state index in [-0.39, 0.29) is 35.3 Å². The highest BCUT2D eigenvalue weighted by Crippen LogP contribution is 2.48. The third-order valence-corrected chi connectivity index (χ3v) is 8.46. The second-order valence-electron chi connectivity index (χ2n) is 10.9. The van der Waals surface area contributed by atoms with Gasteiger partial charge in [0.15, 0.2) is 0 Å². The van der Waals surface area contributed by atoms with Gasteiger partial charge in [-0.25, -0.2) is 0 Å². The number of furan rings is 1. The molecule has 9 rings (SSSR count). The van der Waals surface area contributed by atoms with Gasteiger partial charge in [-0.15, -0.1) is 0 Å². The van der Waals surface area contributed by atoms with Crippen LogP contribution in [0, 0.1) is 0 Å². The summed E-state index contributed by atoms with van der Waals surface area (Å²) >= 11 is 0. The summed E-state index contributed by atoms with van der Waals surface area (Å²) in [4.78, 5) is 0. The van der Waals surface area contributed by atoms with Gasteiger partial charge in [-0.05, 0) is 49.4 Å². The van der Waals surface area contributed by atoms with E-state index in [1.54, 1.807) is 24.3 Å². The summed E-state index contributed by atoms with van der Waals surface area (Å²) in [7, 11) is 0. The van der Waals surface area contributed by atoms with E-state index >= 15 is 0 Å². The Hall–Kier alpha value is -5.92. The lowest BCUT2D eigenvalue weighted by Gasteiger charge is -2.19. The molecule has 0 amide bonds. The zero-order valence-corrected chi connectivity index (χ0v) is 23.8. The van der Waals surface area contributed by atoms with E-state index in [0.29, 0.717) is 27.9 Å². The Labute approximate surface area is 275 Å². The van der Waals surface area contributed by atoms with Crippen molar-refractivity contribution in [2.75, 3.05) is 0 Å². The quantitative estimate of drug-likeness (QED) is 0.188. The first-order valence-electron chi connectivity index (χ1n) is 19.6. The topological polar surface area (TPSA) is 13.1 Å². The van der Waals surface area contributed by atoms with Crippen LogP contribution >= 0.6 is 0 Å². The van der Waals surface area contributed by atoms with Crippen molar-refractivity contribution in [1.29, 1.82) is 0 Å². The average molecular weight is 583 g/mol. The molecule has 0 aliphatic rings. The third-order valence-electron chi connectivity index (χ3n) is 8.46. The van der Waals surface area contributed by atoms with Gasteiger partial charge in [-0.2, -0.15) is 0 Å². The molecule has 0 radical (unpaired) electrons. The maximum atomic E-state index is 8.82. The van der Waals surface area contributed by atoms with Gasteiger partial charge >= 0.3 is 0 Å². The summed E-state index contributed by atoms with van der Waals surface area (Å²) in [5.41, 5.74) is 5.32. The smallest absolute Gasteiger partial charge is 0.143 e. The van der Waals surface area contributed by atoms with Crippen LogP contribution in [0.3, 0.4) is 0 Å². The Balaban J connectivity index is 1.37. The van der Waals surface area contributed by atoms with E-state index in [1.165, 1.54) is 0 Å². The molecule has 0 aliphatic carbocycles. The summed E-state index contributed by atoms with van der Waals surface area (Å²) in [6.07, 6.45) is 0. The van der Waals surface area contributed by atoms with Crippen LogP contribution in [0.2, 0.25) is 0 Å². The normalized spacial score (nSPS) is 14.7. The van der Waals surface area contributed by atoms with E-state index in [9.17, 15) is 0 Å². The van der Waals surface area contributed by atoms with Crippen molar-refractivity contribution in [3.05, 3.63) is 170 Å². The molecule has 0 unspecified atom stereocenters. The fourth-order valence-electron chi connectivity index (χ4n) is 6.61. The van der Waals surface area contributed by atoms with Crippen molar-refractivity contribution in [2.45, 2.75) is 0 Å². The molecule has 0 saturated heterocycles. The van der Waals surface area contributed by atoms with Gasteiger partial charge < -0.3 is 4.42 Å². The van der Waals surface area contributed by atoms with Gasteiger partial charge in [0.05, 0.1) is 13.7 Å². The van der Waals surface area contributed by atoms with Crippen LogP contribution < -0.4 is 0 Å². The minimum atomic E-state index is -0.462. The Bertz CT molecular complexity index is 3000. The first kappa shape index (κ1) is 17.4. The molecule has 210 valence electrons. The van der Waals surface area contributed by atoms with Crippen molar-refractivity contribution >= 4 is 43.5 Å². The van der Waals surface area contributed by atoms with E-state index < -0.39 is 36.3 Å². The minimum Gasteiger partial charge on any atom is -0.455 e. The van der Waals surface area contributed by atoms with Gasteiger partial charge in [0.2, 0.25) is 0 Å². The predicted octanol–water partition coefficient (Wildman–Crippen LogP) is 12.6. The molecule has 45 heavy (non-hydrogen) atoms. The van der Waals surface area contributed by atoms with Crippen LogP contribution in [-0.2, 0) is 0 Å². The molecule has 0 bridgehead atoms. The summed E-state index contributed by atoms with van der Waals surface area (Å²) in [5, 5.41) is 5.08. The molecule has 1 heterocycles. The third kappa shape index (κ3) is 4.02. The second-order valence-corrected chi connectivity index (χ2v) is 10.9. The summed E-state index contributed by atoms with van der Waals surface area (Å²) in [5.74, 6) is 0. The lowest BCUT2D eigenvalue weighted by atomic mass is 9.83. The standard InChI is InChI=1S/C44H28O/c1-3-15-29(16-4-1)31-19-7-8-20-33(31)41-34-21-9-11-23-36(34)42(37-24-12-10-22-35(37)41)40-28-14-27-39-38-26-13-25-32(43(38)45-44(39)40)30-17-5-2-6-18-30/h1-28H/i1D,2D,3D,4D,5D,6D,15D,16D,17D,18D. The van der Waals surface area contributed by atoms with Crippen molar-refractivity contribution < 1.29 is 18.1 Å². The van der Waals surface area contributed by atoms with Gasteiger partial charge in [-0.3, -0.25) is 0 Å². The number of benzene rings is 8. The fraction of sp³-hybridized carbons (Fsp3) is 0. The molecular weight excluding hydrogens is 544 g/mol. The van der Waals surface area contributed by atoms with E-state index in [2.05, 4.69) is 0 Å². The van der Waals surface area contributed by atoms with Crippen molar-refractivity contribution in [3.63, 3.8) is 0 Å².